The highest BCUT2D eigenvalue weighted by Gasteiger charge is 2.16. The number of hydrogen-bond donors (Lipinski definition) is 0. The molecule has 0 N–H and O–H groups in total. The number of hydrogen-bond acceptors (Lipinski definition) is 4. The minimum absolute atomic E-state index is 0.498. The van der Waals surface area contributed by atoms with Gasteiger partial charge < -0.3 is 4.90 Å². The first-order chi connectivity index (χ1) is 8.28. The molecule has 0 aliphatic carbocycles. The van der Waals surface area contributed by atoms with Crippen molar-refractivity contribution in [1.29, 1.82) is 5.26 Å². The molecule has 0 saturated carbocycles. The van der Waals surface area contributed by atoms with E-state index in [1.807, 2.05) is 6.20 Å². The molecule has 1 aliphatic heterocycles. The molecule has 0 bridgehead atoms. The van der Waals surface area contributed by atoms with Crippen LogP contribution in [-0.2, 0) is 12.8 Å². The van der Waals surface area contributed by atoms with Gasteiger partial charge in [0.15, 0.2) is 0 Å². The maximum Gasteiger partial charge on any atom is 0.0940 e. The van der Waals surface area contributed by atoms with E-state index in [0.29, 0.717) is 6.42 Å². The van der Waals surface area contributed by atoms with Crippen molar-refractivity contribution in [3.8, 4) is 6.07 Å². The van der Waals surface area contributed by atoms with E-state index < -0.39 is 0 Å². The van der Waals surface area contributed by atoms with Gasteiger partial charge in [0.05, 0.1) is 17.5 Å². The molecule has 1 aromatic heterocycles. The van der Waals surface area contributed by atoms with Gasteiger partial charge >= 0.3 is 0 Å². The Morgan fingerprint density at radius 1 is 1.65 bits per heavy atom. The summed E-state index contributed by atoms with van der Waals surface area (Å²) in [5, 5.41) is 9.79. The average Bonchev–Trinajstić information content (AvgIpc) is 2.75. The van der Waals surface area contributed by atoms with Crippen molar-refractivity contribution in [2.45, 2.75) is 32.6 Å². The topological polar surface area (TPSA) is 39.9 Å². The molecular formula is C13H19N3S. The quantitative estimate of drug-likeness (QED) is 0.823. The Morgan fingerprint density at radius 3 is 3.29 bits per heavy atom. The van der Waals surface area contributed by atoms with Gasteiger partial charge in [-0.1, -0.05) is 6.92 Å². The molecular weight excluding hydrogens is 230 g/mol. The molecule has 92 valence electrons. The first-order valence-corrected chi connectivity index (χ1v) is 7.12. The van der Waals surface area contributed by atoms with Gasteiger partial charge in [-0.05, 0) is 25.3 Å². The number of nitrogens with zero attached hydrogens (tertiary/aromatic N) is 3. The van der Waals surface area contributed by atoms with Crippen LogP contribution in [0.25, 0.3) is 0 Å². The highest BCUT2D eigenvalue weighted by Crippen LogP contribution is 2.18. The predicted molar refractivity (Wildman–Crippen MR) is 70.0 cm³/mol. The Morgan fingerprint density at radius 2 is 2.53 bits per heavy atom. The Kier molecular flexibility index (Phi) is 4.52. The second-order valence-electron chi connectivity index (χ2n) is 4.85. The zero-order chi connectivity index (χ0) is 12.1. The van der Waals surface area contributed by atoms with Crippen LogP contribution in [0.3, 0.4) is 0 Å². The van der Waals surface area contributed by atoms with E-state index in [4.69, 9.17) is 5.26 Å². The summed E-state index contributed by atoms with van der Waals surface area (Å²) in [5.41, 5.74) is 0. The molecule has 2 heterocycles. The maximum absolute atomic E-state index is 8.61. The first kappa shape index (κ1) is 12.5. The molecule has 0 spiro atoms. The molecule has 1 saturated heterocycles. The molecule has 1 unspecified atom stereocenters. The van der Waals surface area contributed by atoms with Crippen LogP contribution in [0.5, 0.6) is 0 Å². The summed E-state index contributed by atoms with van der Waals surface area (Å²) in [5.74, 6) is 0.842. The fourth-order valence-electron chi connectivity index (χ4n) is 2.37. The van der Waals surface area contributed by atoms with E-state index in [2.05, 4.69) is 22.9 Å². The van der Waals surface area contributed by atoms with E-state index in [0.717, 1.165) is 23.8 Å². The van der Waals surface area contributed by atoms with Crippen LogP contribution in [-0.4, -0.2) is 29.5 Å². The average molecular weight is 249 g/mol. The van der Waals surface area contributed by atoms with Gasteiger partial charge in [0.1, 0.15) is 0 Å². The van der Waals surface area contributed by atoms with Gasteiger partial charge in [0.25, 0.3) is 0 Å². The first-order valence-electron chi connectivity index (χ1n) is 6.31. The lowest BCUT2D eigenvalue weighted by Crippen LogP contribution is -2.35. The van der Waals surface area contributed by atoms with Gasteiger partial charge in [-0.2, -0.15) is 5.26 Å². The molecule has 0 radical (unpaired) electrons. The Balaban J connectivity index is 1.78. The molecule has 1 fully saturated rings. The van der Waals surface area contributed by atoms with Crippen molar-refractivity contribution in [2.24, 2.45) is 5.92 Å². The van der Waals surface area contributed by atoms with Crippen LogP contribution in [0, 0.1) is 17.2 Å². The third-order valence-electron chi connectivity index (χ3n) is 3.24. The number of likely N-dealkylation sites (tertiary alicyclic amines) is 1. The van der Waals surface area contributed by atoms with Crippen molar-refractivity contribution in [3.05, 3.63) is 16.1 Å². The van der Waals surface area contributed by atoms with Crippen LogP contribution >= 0.6 is 11.3 Å². The van der Waals surface area contributed by atoms with Crippen molar-refractivity contribution in [1.82, 2.24) is 9.88 Å². The number of aromatic nitrogens is 1. The Hall–Kier alpha value is -0.920. The third kappa shape index (κ3) is 3.79. The van der Waals surface area contributed by atoms with Gasteiger partial charge in [0.2, 0.25) is 0 Å². The molecule has 0 amide bonds. The lowest BCUT2D eigenvalue weighted by Gasteiger charge is -2.30. The number of nitriles is 1. The lowest BCUT2D eigenvalue weighted by molar-refractivity contribution is 0.186. The minimum atomic E-state index is 0.498. The SMILES string of the molecule is CC1CCCN(CCc2ncc(CC#N)s2)C1. The molecule has 0 aromatic carbocycles. The highest BCUT2D eigenvalue weighted by molar-refractivity contribution is 7.11. The molecule has 4 heteroatoms. The third-order valence-corrected chi connectivity index (χ3v) is 4.29. The summed E-state index contributed by atoms with van der Waals surface area (Å²) < 4.78 is 0. The normalized spacial score (nSPS) is 21.3. The van der Waals surface area contributed by atoms with E-state index >= 15 is 0 Å². The summed E-state index contributed by atoms with van der Waals surface area (Å²) >= 11 is 1.69. The summed E-state index contributed by atoms with van der Waals surface area (Å²) in [4.78, 5) is 8.01. The van der Waals surface area contributed by atoms with Crippen LogP contribution in [0.2, 0.25) is 0 Å². The Bertz CT molecular complexity index is 394. The van der Waals surface area contributed by atoms with E-state index in [1.165, 1.54) is 30.9 Å². The smallest absolute Gasteiger partial charge is 0.0940 e. The lowest BCUT2D eigenvalue weighted by atomic mass is 10.0. The van der Waals surface area contributed by atoms with Crippen molar-refractivity contribution < 1.29 is 0 Å². The molecule has 1 atom stereocenters. The van der Waals surface area contributed by atoms with Gasteiger partial charge in [-0.25, -0.2) is 4.98 Å². The van der Waals surface area contributed by atoms with Crippen LogP contribution in [0.15, 0.2) is 6.20 Å². The van der Waals surface area contributed by atoms with Gasteiger partial charge in [-0.3, -0.25) is 0 Å². The Labute approximate surface area is 107 Å². The summed E-state index contributed by atoms with van der Waals surface area (Å²) in [7, 11) is 0. The minimum Gasteiger partial charge on any atom is -0.303 e. The largest absolute Gasteiger partial charge is 0.303 e. The summed E-state index contributed by atoms with van der Waals surface area (Å²) in [6, 6.07) is 2.17. The molecule has 17 heavy (non-hydrogen) atoms. The second-order valence-corrected chi connectivity index (χ2v) is 6.05. The number of piperidine rings is 1. The maximum atomic E-state index is 8.61. The molecule has 3 nitrogen and oxygen atoms in total. The fraction of sp³-hybridized carbons (Fsp3) is 0.692. The number of rotatable bonds is 4. The monoisotopic (exact) mass is 249 g/mol. The standard InChI is InChI=1S/C13H19N3S/c1-11-3-2-7-16(10-11)8-5-13-15-9-12(17-13)4-6-14/h9,11H,2-5,7-8,10H2,1H3. The van der Waals surface area contributed by atoms with Gasteiger partial charge in [-0.15, -0.1) is 11.3 Å². The summed E-state index contributed by atoms with van der Waals surface area (Å²) in [6.45, 7) is 5.92. The molecule has 1 aliphatic rings. The second kappa shape index (κ2) is 6.13. The zero-order valence-corrected chi connectivity index (χ0v) is 11.2. The van der Waals surface area contributed by atoms with Crippen molar-refractivity contribution in [3.63, 3.8) is 0 Å². The van der Waals surface area contributed by atoms with Crippen LogP contribution < -0.4 is 0 Å². The van der Waals surface area contributed by atoms with Gasteiger partial charge in [0, 0.05) is 30.6 Å². The van der Waals surface area contributed by atoms with Crippen molar-refractivity contribution in [2.75, 3.05) is 19.6 Å². The number of thiazole rings is 1. The van der Waals surface area contributed by atoms with Crippen LogP contribution in [0.4, 0.5) is 0 Å². The summed E-state index contributed by atoms with van der Waals surface area (Å²) in [6.07, 6.45) is 6.09. The fourth-order valence-corrected chi connectivity index (χ4v) is 3.21. The van der Waals surface area contributed by atoms with Crippen LogP contribution in [0.1, 0.15) is 29.7 Å². The predicted octanol–water partition coefficient (Wildman–Crippen LogP) is 2.48. The molecule has 2 rings (SSSR count). The van der Waals surface area contributed by atoms with E-state index in [9.17, 15) is 0 Å². The van der Waals surface area contributed by atoms with Crippen molar-refractivity contribution >= 4 is 11.3 Å². The zero-order valence-electron chi connectivity index (χ0n) is 10.4. The molecule has 1 aromatic rings. The van der Waals surface area contributed by atoms with E-state index in [1.54, 1.807) is 11.3 Å². The highest BCUT2D eigenvalue weighted by atomic mass is 32.1. The van der Waals surface area contributed by atoms with E-state index in [-0.39, 0.29) is 0 Å².